The van der Waals surface area contributed by atoms with Crippen LogP contribution in [0.3, 0.4) is 0 Å². The molecule has 3 N–H and O–H groups in total. The minimum Gasteiger partial charge on any atom is -0.352 e. The zero-order chi connectivity index (χ0) is 27.9. The van der Waals surface area contributed by atoms with Crippen LogP contribution in [0.15, 0.2) is 48.8 Å². The lowest BCUT2D eigenvalue weighted by Gasteiger charge is -2.44. The Morgan fingerprint density at radius 3 is 2.49 bits per heavy atom. The average molecular weight is 537 g/mol. The Morgan fingerprint density at radius 2 is 1.87 bits per heavy atom. The number of nitrogens with one attached hydrogen (secondary N) is 1. The first-order valence-corrected chi connectivity index (χ1v) is 14.0. The smallest absolute Gasteiger partial charge is 0.269 e. The molecule has 4 rings (SSSR count). The van der Waals surface area contributed by atoms with Crippen molar-refractivity contribution in [2.45, 2.75) is 83.1 Å². The summed E-state index contributed by atoms with van der Waals surface area (Å²) in [5.74, 6) is 0.0900. The Hall–Kier alpha value is -3.37. The molecule has 39 heavy (non-hydrogen) atoms. The fourth-order valence-corrected chi connectivity index (χ4v) is 5.76. The molecular formula is C29H40N6O4. The summed E-state index contributed by atoms with van der Waals surface area (Å²) in [6, 6.07) is 9.86. The Morgan fingerprint density at radius 1 is 1.15 bits per heavy atom. The van der Waals surface area contributed by atoms with Gasteiger partial charge in [-0.25, -0.2) is 0 Å². The van der Waals surface area contributed by atoms with Gasteiger partial charge in [0, 0.05) is 62.3 Å². The summed E-state index contributed by atoms with van der Waals surface area (Å²) in [6.45, 7) is 6.20. The maximum atomic E-state index is 13.7. The Balaban J connectivity index is 1.54. The van der Waals surface area contributed by atoms with Crippen LogP contribution in [0.1, 0.15) is 68.3 Å². The summed E-state index contributed by atoms with van der Waals surface area (Å²) < 4.78 is 0. The van der Waals surface area contributed by atoms with Crippen molar-refractivity contribution in [2.24, 2.45) is 11.7 Å². The largest absolute Gasteiger partial charge is 0.352 e. The lowest BCUT2D eigenvalue weighted by atomic mass is 9.90. The van der Waals surface area contributed by atoms with Crippen molar-refractivity contribution in [3.63, 3.8) is 0 Å². The lowest BCUT2D eigenvalue weighted by Crippen LogP contribution is -2.59. The normalized spacial score (nSPS) is 23.6. The molecule has 0 radical (unpaired) electrons. The molecule has 210 valence electrons. The van der Waals surface area contributed by atoms with Gasteiger partial charge >= 0.3 is 0 Å². The SMILES string of the molecule is CC(C)CN(Cc1ccc([N+](=O)[O-])cc1)C1CCN(C(=O)c2cccnc2)[C@@H](C(=O)NC2CCC(N)CC2)C1. The van der Waals surface area contributed by atoms with Gasteiger partial charge in [0.15, 0.2) is 0 Å². The molecule has 2 heterocycles. The number of nitro groups is 1. The topological polar surface area (TPSA) is 135 Å². The molecule has 1 saturated carbocycles. The molecule has 1 aliphatic heterocycles. The van der Waals surface area contributed by atoms with Crippen molar-refractivity contribution in [1.82, 2.24) is 20.1 Å². The first-order chi connectivity index (χ1) is 18.7. The molecular weight excluding hydrogens is 496 g/mol. The summed E-state index contributed by atoms with van der Waals surface area (Å²) in [4.78, 5) is 46.1. The number of nitrogens with zero attached hydrogens (tertiary/aromatic N) is 4. The van der Waals surface area contributed by atoms with E-state index in [1.807, 2.05) is 0 Å². The minimum absolute atomic E-state index is 0.0665. The summed E-state index contributed by atoms with van der Waals surface area (Å²) in [6.07, 6.45) is 7.88. The third-order valence-electron chi connectivity index (χ3n) is 7.81. The number of benzene rings is 1. The molecule has 1 aromatic carbocycles. The van der Waals surface area contributed by atoms with Crippen LogP contribution in [-0.2, 0) is 11.3 Å². The monoisotopic (exact) mass is 536 g/mol. The van der Waals surface area contributed by atoms with E-state index < -0.39 is 11.0 Å². The highest BCUT2D eigenvalue weighted by Crippen LogP contribution is 2.27. The van der Waals surface area contributed by atoms with Gasteiger partial charge in [0.1, 0.15) is 6.04 Å². The summed E-state index contributed by atoms with van der Waals surface area (Å²) in [5, 5.41) is 14.3. The Kier molecular flexibility index (Phi) is 9.63. The zero-order valence-corrected chi connectivity index (χ0v) is 22.9. The minimum atomic E-state index is -0.599. The first-order valence-electron chi connectivity index (χ1n) is 14.0. The first kappa shape index (κ1) is 28.6. The highest BCUT2D eigenvalue weighted by atomic mass is 16.6. The van der Waals surface area contributed by atoms with E-state index in [1.165, 1.54) is 12.1 Å². The molecule has 10 nitrogen and oxygen atoms in total. The predicted octanol–water partition coefficient (Wildman–Crippen LogP) is 3.51. The molecule has 2 amide bonds. The van der Waals surface area contributed by atoms with Crippen molar-refractivity contribution in [3.8, 4) is 0 Å². The van der Waals surface area contributed by atoms with E-state index in [0.717, 1.165) is 44.2 Å². The average Bonchev–Trinajstić information content (AvgIpc) is 2.93. The quantitative estimate of drug-likeness (QED) is 0.370. The van der Waals surface area contributed by atoms with E-state index in [0.29, 0.717) is 31.0 Å². The Bertz CT molecular complexity index is 1120. The number of piperidine rings is 1. The van der Waals surface area contributed by atoms with Crippen LogP contribution >= 0.6 is 0 Å². The van der Waals surface area contributed by atoms with Gasteiger partial charge in [-0.1, -0.05) is 26.0 Å². The maximum absolute atomic E-state index is 13.7. The molecule has 1 unspecified atom stereocenters. The van der Waals surface area contributed by atoms with Gasteiger partial charge in [-0.2, -0.15) is 0 Å². The number of carbonyl (C=O) groups is 2. The van der Waals surface area contributed by atoms with Crippen molar-refractivity contribution in [2.75, 3.05) is 13.1 Å². The molecule has 2 fully saturated rings. The lowest BCUT2D eigenvalue weighted by molar-refractivity contribution is -0.384. The van der Waals surface area contributed by atoms with Crippen LogP contribution in [0.5, 0.6) is 0 Å². The van der Waals surface area contributed by atoms with Crippen LogP contribution in [-0.4, -0.2) is 68.8 Å². The number of likely N-dealkylation sites (tertiary alicyclic amines) is 1. The van der Waals surface area contributed by atoms with Crippen LogP contribution < -0.4 is 11.1 Å². The standard InChI is InChI=1S/C29H40N6O4/c1-20(2)18-33(19-21-5-11-25(12-6-21)35(38)39)26-13-15-34(29(37)22-4-3-14-31-17-22)27(16-26)28(36)32-24-9-7-23(30)8-10-24/h3-6,11-12,14,17,20,23-24,26-27H,7-10,13,15-16,18-19,30H2,1-2H3,(H,32,36)/t23?,24?,26?,27-/m1/s1. The molecule has 10 heteroatoms. The van der Waals surface area contributed by atoms with Gasteiger partial charge in [0.25, 0.3) is 11.6 Å². The number of nitrogens with two attached hydrogens (primary N) is 1. The van der Waals surface area contributed by atoms with Crippen molar-refractivity contribution in [1.29, 1.82) is 0 Å². The van der Waals surface area contributed by atoms with Crippen LogP contribution in [0.4, 0.5) is 5.69 Å². The third-order valence-corrected chi connectivity index (χ3v) is 7.81. The highest BCUT2D eigenvalue weighted by Gasteiger charge is 2.39. The van der Waals surface area contributed by atoms with Crippen LogP contribution in [0.25, 0.3) is 0 Å². The van der Waals surface area contributed by atoms with E-state index in [2.05, 4.69) is 29.0 Å². The van der Waals surface area contributed by atoms with Crippen LogP contribution in [0, 0.1) is 16.0 Å². The molecule has 1 aromatic heterocycles. The number of rotatable bonds is 9. The number of aromatic nitrogens is 1. The number of non-ortho nitro benzene ring substituents is 1. The second kappa shape index (κ2) is 13.1. The fourth-order valence-electron chi connectivity index (χ4n) is 5.76. The second-order valence-corrected chi connectivity index (χ2v) is 11.3. The predicted molar refractivity (Wildman–Crippen MR) is 149 cm³/mol. The summed E-state index contributed by atoms with van der Waals surface area (Å²) in [7, 11) is 0. The third kappa shape index (κ3) is 7.60. The molecule has 2 aliphatic rings. The van der Waals surface area contributed by atoms with Gasteiger partial charge in [-0.15, -0.1) is 0 Å². The number of pyridine rings is 1. The zero-order valence-electron chi connectivity index (χ0n) is 22.9. The van der Waals surface area contributed by atoms with Gasteiger partial charge in [-0.3, -0.25) is 29.6 Å². The molecule has 1 saturated heterocycles. The van der Waals surface area contributed by atoms with Gasteiger partial charge < -0.3 is 16.0 Å². The van der Waals surface area contributed by atoms with E-state index in [-0.39, 0.29) is 35.6 Å². The maximum Gasteiger partial charge on any atom is 0.269 e. The Labute approximate surface area is 230 Å². The van der Waals surface area contributed by atoms with Gasteiger partial charge in [0.05, 0.1) is 10.5 Å². The fraction of sp³-hybridized carbons (Fsp3) is 0.552. The number of nitro benzene ring substituents is 1. The number of amides is 2. The number of hydrogen-bond acceptors (Lipinski definition) is 7. The van der Waals surface area contributed by atoms with E-state index in [9.17, 15) is 19.7 Å². The van der Waals surface area contributed by atoms with Gasteiger partial charge in [0.2, 0.25) is 5.91 Å². The van der Waals surface area contributed by atoms with Crippen molar-refractivity contribution in [3.05, 3.63) is 70.0 Å². The number of hydrogen-bond donors (Lipinski definition) is 2. The molecule has 0 spiro atoms. The molecule has 1 aliphatic carbocycles. The molecule has 2 aromatic rings. The van der Waals surface area contributed by atoms with E-state index in [1.54, 1.807) is 41.6 Å². The number of carbonyl (C=O) groups excluding carboxylic acids is 2. The highest BCUT2D eigenvalue weighted by molar-refractivity contribution is 5.97. The van der Waals surface area contributed by atoms with E-state index in [4.69, 9.17) is 5.73 Å². The van der Waals surface area contributed by atoms with Crippen LogP contribution in [0.2, 0.25) is 0 Å². The second-order valence-electron chi connectivity index (χ2n) is 11.3. The van der Waals surface area contributed by atoms with Crippen molar-refractivity contribution >= 4 is 17.5 Å². The summed E-state index contributed by atoms with van der Waals surface area (Å²) in [5.41, 5.74) is 7.59. The van der Waals surface area contributed by atoms with Crippen molar-refractivity contribution < 1.29 is 14.5 Å². The van der Waals surface area contributed by atoms with Gasteiger partial charge in [-0.05, 0) is 62.1 Å². The molecule has 2 atom stereocenters. The van der Waals surface area contributed by atoms with E-state index >= 15 is 0 Å². The summed E-state index contributed by atoms with van der Waals surface area (Å²) >= 11 is 0. The molecule has 0 bridgehead atoms.